The van der Waals surface area contributed by atoms with Crippen molar-refractivity contribution in [2.75, 3.05) is 7.05 Å². The van der Waals surface area contributed by atoms with Crippen LogP contribution in [0, 0.1) is 5.92 Å². The lowest BCUT2D eigenvalue weighted by Crippen LogP contribution is -2.44. The zero-order valence-corrected chi connectivity index (χ0v) is 14.5. The summed E-state index contributed by atoms with van der Waals surface area (Å²) in [5.41, 5.74) is 0.950. The molecular formula is C18H20N2O3S. The number of allylic oxidation sites excluding steroid dienone is 2. The monoisotopic (exact) mass is 344 g/mol. The van der Waals surface area contributed by atoms with Crippen molar-refractivity contribution in [3.63, 3.8) is 0 Å². The Morgan fingerprint density at radius 2 is 2.00 bits per heavy atom. The topological polar surface area (TPSA) is 70.5 Å². The Kier molecular flexibility index (Phi) is 4.66. The smallest absolute Gasteiger partial charge is 0.326 e. The summed E-state index contributed by atoms with van der Waals surface area (Å²) in [6, 6.07) is 7.11. The highest BCUT2D eigenvalue weighted by atomic mass is 32.1. The van der Waals surface area contributed by atoms with E-state index in [0.29, 0.717) is 6.42 Å². The molecule has 0 saturated heterocycles. The van der Waals surface area contributed by atoms with E-state index in [-0.39, 0.29) is 17.7 Å². The number of carboxylic acids is 1. The SMILES string of the molecule is CC(C(=O)O)N(C)C(=O)C1CC=CCC1c1nc2ccccc2s1. The minimum Gasteiger partial charge on any atom is -0.480 e. The molecular weight excluding hydrogens is 324 g/mol. The molecule has 0 spiro atoms. The number of nitrogens with zero attached hydrogens (tertiary/aromatic N) is 2. The third-order valence-electron chi connectivity index (χ3n) is 4.66. The number of aliphatic carboxylic acids is 1. The molecule has 0 fully saturated rings. The third-order valence-corrected chi connectivity index (χ3v) is 5.83. The van der Waals surface area contributed by atoms with Gasteiger partial charge < -0.3 is 10.0 Å². The van der Waals surface area contributed by atoms with Gasteiger partial charge in [0, 0.05) is 13.0 Å². The highest BCUT2D eigenvalue weighted by molar-refractivity contribution is 7.18. The molecule has 24 heavy (non-hydrogen) atoms. The van der Waals surface area contributed by atoms with E-state index in [9.17, 15) is 9.59 Å². The Morgan fingerprint density at radius 1 is 1.29 bits per heavy atom. The number of hydrogen-bond acceptors (Lipinski definition) is 4. The van der Waals surface area contributed by atoms with E-state index in [1.807, 2.05) is 30.3 Å². The fourth-order valence-corrected chi connectivity index (χ4v) is 4.17. The Labute approximate surface area is 144 Å². The van der Waals surface area contributed by atoms with Crippen molar-refractivity contribution in [3.8, 4) is 0 Å². The van der Waals surface area contributed by atoms with Crippen molar-refractivity contribution >= 4 is 33.4 Å². The van der Waals surface area contributed by atoms with E-state index >= 15 is 0 Å². The van der Waals surface area contributed by atoms with Gasteiger partial charge in [0.25, 0.3) is 0 Å². The number of rotatable bonds is 4. The molecule has 3 unspecified atom stereocenters. The maximum atomic E-state index is 12.8. The van der Waals surface area contributed by atoms with Crippen LogP contribution in [0.4, 0.5) is 0 Å². The Balaban J connectivity index is 1.89. The molecule has 0 bridgehead atoms. The molecule has 5 nitrogen and oxygen atoms in total. The summed E-state index contributed by atoms with van der Waals surface area (Å²) in [6.07, 6.45) is 5.47. The number of hydrogen-bond donors (Lipinski definition) is 1. The van der Waals surface area contributed by atoms with Gasteiger partial charge in [-0.25, -0.2) is 9.78 Å². The van der Waals surface area contributed by atoms with E-state index in [1.165, 1.54) is 11.8 Å². The van der Waals surface area contributed by atoms with Gasteiger partial charge in [-0.3, -0.25) is 4.79 Å². The summed E-state index contributed by atoms with van der Waals surface area (Å²) < 4.78 is 1.11. The molecule has 6 heteroatoms. The van der Waals surface area contributed by atoms with Crippen LogP contribution in [0.2, 0.25) is 0 Å². The fraction of sp³-hybridized carbons (Fsp3) is 0.389. The lowest BCUT2D eigenvalue weighted by Gasteiger charge is -2.31. The van der Waals surface area contributed by atoms with E-state index < -0.39 is 12.0 Å². The molecule has 1 N–H and O–H groups in total. The van der Waals surface area contributed by atoms with Crippen molar-refractivity contribution in [2.45, 2.75) is 31.7 Å². The predicted octanol–water partition coefficient (Wildman–Crippen LogP) is 3.28. The van der Waals surface area contributed by atoms with Crippen molar-refractivity contribution in [1.82, 2.24) is 9.88 Å². The minimum atomic E-state index is -0.992. The molecule has 0 aliphatic heterocycles. The Morgan fingerprint density at radius 3 is 2.71 bits per heavy atom. The number of fused-ring (bicyclic) bond motifs is 1. The zero-order chi connectivity index (χ0) is 17.3. The van der Waals surface area contributed by atoms with Gasteiger partial charge in [0.1, 0.15) is 6.04 Å². The van der Waals surface area contributed by atoms with Gasteiger partial charge in [0.2, 0.25) is 5.91 Å². The number of amides is 1. The molecule has 1 aromatic carbocycles. The van der Waals surface area contributed by atoms with Crippen LogP contribution in [0.15, 0.2) is 36.4 Å². The summed E-state index contributed by atoms with van der Waals surface area (Å²) in [5.74, 6) is -1.38. The van der Waals surface area contributed by atoms with Gasteiger partial charge in [-0.05, 0) is 31.9 Å². The first kappa shape index (κ1) is 16.6. The summed E-state index contributed by atoms with van der Waals surface area (Å²) in [5, 5.41) is 10.1. The van der Waals surface area contributed by atoms with Crippen LogP contribution in [0.3, 0.4) is 0 Å². The predicted molar refractivity (Wildman–Crippen MR) is 94.1 cm³/mol. The van der Waals surface area contributed by atoms with Crippen molar-refractivity contribution in [2.24, 2.45) is 5.92 Å². The standard InChI is InChI=1S/C18H20N2O3S/c1-11(18(22)23)20(2)17(21)13-8-4-3-7-12(13)16-19-14-9-5-6-10-15(14)24-16/h3-6,9-13H,7-8H2,1-2H3,(H,22,23). The number of thiazole rings is 1. The minimum absolute atomic E-state index is 0.00310. The summed E-state index contributed by atoms with van der Waals surface area (Å²) in [4.78, 5) is 30.1. The molecule has 1 heterocycles. The van der Waals surface area contributed by atoms with Crippen LogP contribution < -0.4 is 0 Å². The first-order valence-corrected chi connectivity index (χ1v) is 8.80. The molecule has 1 aliphatic rings. The number of aromatic nitrogens is 1. The maximum Gasteiger partial charge on any atom is 0.326 e. The van der Waals surface area contributed by atoms with Crippen LogP contribution in [-0.4, -0.2) is 40.0 Å². The number of carboxylic acid groups (broad SMARTS) is 1. The molecule has 3 rings (SSSR count). The van der Waals surface area contributed by atoms with E-state index in [1.54, 1.807) is 18.4 Å². The van der Waals surface area contributed by atoms with Crippen LogP contribution >= 0.6 is 11.3 Å². The van der Waals surface area contributed by atoms with Crippen molar-refractivity contribution in [3.05, 3.63) is 41.4 Å². The van der Waals surface area contributed by atoms with Crippen LogP contribution in [0.5, 0.6) is 0 Å². The second-order valence-electron chi connectivity index (χ2n) is 6.14. The lowest BCUT2D eigenvalue weighted by molar-refractivity contribution is -0.150. The van der Waals surface area contributed by atoms with Gasteiger partial charge in [-0.1, -0.05) is 24.3 Å². The number of carbonyl (C=O) groups excluding carboxylic acids is 1. The normalized spacial score (nSPS) is 21.6. The molecule has 3 atom stereocenters. The van der Waals surface area contributed by atoms with Crippen molar-refractivity contribution in [1.29, 1.82) is 0 Å². The molecule has 1 aliphatic carbocycles. The molecule has 0 radical (unpaired) electrons. The molecule has 126 valence electrons. The first-order chi connectivity index (χ1) is 11.5. The molecule has 2 aromatic rings. The van der Waals surface area contributed by atoms with E-state index in [2.05, 4.69) is 6.08 Å². The van der Waals surface area contributed by atoms with Gasteiger partial charge in [-0.15, -0.1) is 11.3 Å². The second-order valence-corrected chi connectivity index (χ2v) is 7.20. The number of benzene rings is 1. The van der Waals surface area contributed by atoms with Crippen molar-refractivity contribution < 1.29 is 14.7 Å². The summed E-state index contributed by atoms with van der Waals surface area (Å²) in [7, 11) is 1.56. The van der Waals surface area contributed by atoms with Gasteiger partial charge in [-0.2, -0.15) is 0 Å². The van der Waals surface area contributed by atoms with Crippen LogP contribution in [0.25, 0.3) is 10.2 Å². The van der Waals surface area contributed by atoms with Gasteiger partial charge in [0.15, 0.2) is 0 Å². The number of carbonyl (C=O) groups is 2. The highest BCUT2D eigenvalue weighted by Gasteiger charge is 2.36. The van der Waals surface area contributed by atoms with Gasteiger partial charge in [0.05, 0.1) is 21.1 Å². The third kappa shape index (κ3) is 3.06. The Hall–Kier alpha value is -2.21. The Bertz CT molecular complexity index is 765. The highest BCUT2D eigenvalue weighted by Crippen LogP contribution is 2.39. The fourth-order valence-electron chi connectivity index (χ4n) is 3.03. The van der Waals surface area contributed by atoms with Crippen LogP contribution in [0.1, 0.15) is 30.7 Å². The molecule has 1 amide bonds. The summed E-state index contributed by atoms with van der Waals surface area (Å²) >= 11 is 1.62. The lowest BCUT2D eigenvalue weighted by atomic mass is 9.82. The quantitative estimate of drug-likeness (QED) is 0.864. The average molecular weight is 344 g/mol. The molecule has 1 aromatic heterocycles. The molecule has 0 saturated carbocycles. The largest absolute Gasteiger partial charge is 0.480 e. The first-order valence-electron chi connectivity index (χ1n) is 7.99. The number of para-hydroxylation sites is 1. The maximum absolute atomic E-state index is 12.8. The average Bonchev–Trinajstić information content (AvgIpc) is 3.03. The number of likely N-dealkylation sites (N-methyl/N-ethyl adjacent to an activating group) is 1. The van der Waals surface area contributed by atoms with E-state index in [4.69, 9.17) is 10.1 Å². The van der Waals surface area contributed by atoms with E-state index in [0.717, 1.165) is 21.6 Å². The second kappa shape index (κ2) is 6.73. The van der Waals surface area contributed by atoms with Gasteiger partial charge >= 0.3 is 5.97 Å². The van der Waals surface area contributed by atoms with Crippen LogP contribution in [-0.2, 0) is 9.59 Å². The zero-order valence-electron chi connectivity index (χ0n) is 13.7. The summed E-state index contributed by atoms with van der Waals surface area (Å²) in [6.45, 7) is 1.53.